The van der Waals surface area contributed by atoms with Gasteiger partial charge in [0.2, 0.25) is 5.91 Å². The van der Waals surface area contributed by atoms with Crippen LogP contribution >= 0.6 is 0 Å². The monoisotopic (exact) mass is 217 g/mol. The van der Waals surface area contributed by atoms with E-state index in [1.807, 2.05) is 0 Å². The van der Waals surface area contributed by atoms with E-state index in [0.717, 1.165) is 0 Å². The third-order valence-corrected chi connectivity index (χ3v) is 2.59. The number of aliphatic hydroxyl groups is 1. The van der Waals surface area contributed by atoms with Crippen molar-refractivity contribution in [2.75, 3.05) is 19.7 Å². The molecule has 88 valence electrons. The van der Waals surface area contributed by atoms with Crippen molar-refractivity contribution in [3.05, 3.63) is 0 Å². The number of aliphatic carboxylic acids is 1. The number of carbonyl (C=O) groups is 2. The lowest BCUT2D eigenvalue weighted by Gasteiger charge is -2.25. The number of hydrogen-bond donors (Lipinski definition) is 2. The Kier molecular flexibility index (Phi) is 5.93. The summed E-state index contributed by atoms with van der Waals surface area (Å²) >= 11 is 0. The molecular weight excluding hydrogens is 198 g/mol. The first-order valence-corrected chi connectivity index (χ1v) is 5.08. The van der Waals surface area contributed by atoms with Crippen LogP contribution in [-0.2, 0) is 9.59 Å². The van der Waals surface area contributed by atoms with Gasteiger partial charge in [-0.25, -0.2) is 0 Å². The van der Waals surface area contributed by atoms with Gasteiger partial charge in [-0.1, -0.05) is 13.8 Å². The first-order valence-electron chi connectivity index (χ1n) is 5.08. The fraction of sp³-hybridized carbons (Fsp3) is 0.800. The van der Waals surface area contributed by atoms with Crippen LogP contribution in [0.15, 0.2) is 0 Å². The summed E-state index contributed by atoms with van der Waals surface area (Å²) in [6, 6.07) is 0. The number of nitrogens with zero attached hydrogens (tertiary/aromatic N) is 1. The molecule has 0 aliphatic carbocycles. The van der Waals surface area contributed by atoms with Crippen molar-refractivity contribution in [3.8, 4) is 0 Å². The SMILES string of the molecule is CCN(CCO)C(=O)C(C)C(C)C(=O)O. The highest BCUT2D eigenvalue weighted by atomic mass is 16.4. The third kappa shape index (κ3) is 3.87. The first-order chi connectivity index (χ1) is 6.95. The Hall–Kier alpha value is -1.10. The lowest BCUT2D eigenvalue weighted by Crippen LogP contribution is -2.40. The maximum Gasteiger partial charge on any atom is 0.307 e. The molecular formula is C10H19NO4. The fourth-order valence-corrected chi connectivity index (χ4v) is 1.26. The quantitative estimate of drug-likeness (QED) is 0.665. The molecule has 0 spiro atoms. The largest absolute Gasteiger partial charge is 0.481 e. The zero-order valence-electron chi connectivity index (χ0n) is 9.43. The number of carboxylic acid groups (broad SMARTS) is 1. The molecule has 0 rings (SSSR count). The molecule has 0 radical (unpaired) electrons. The Morgan fingerprint density at radius 3 is 2.13 bits per heavy atom. The summed E-state index contributed by atoms with van der Waals surface area (Å²) in [5, 5.41) is 17.5. The van der Waals surface area contributed by atoms with Crippen molar-refractivity contribution in [3.63, 3.8) is 0 Å². The Morgan fingerprint density at radius 1 is 1.27 bits per heavy atom. The zero-order valence-corrected chi connectivity index (χ0v) is 9.43. The molecule has 0 aliphatic rings. The molecule has 0 saturated heterocycles. The van der Waals surface area contributed by atoms with Crippen molar-refractivity contribution in [2.45, 2.75) is 20.8 Å². The van der Waals surface area contributed by atoms with E-state index < -0.39 is 17.8 Å². The molecule has 0 aromatic heterocycles. The average molecular weight is 217 g/mol. The van der Waals surface area contributed by atoms with E-state index in [1.165, 1.54) is 11.8 Å². The first kappa shape index (κ1) is 13.9. The molecule has 0 aromatic rings. The van der Waals surface area contributed by atoms with Crippen LogP contribution in [0.3, 0.4) is 0 Å². The van der Waals surface area contributed by atoms with Gasteiger partial charge in [-0.2, -0.15) is 0 Å². The molecule has 2 N–H and O–H groups in total. The number of rotatable bonds is 6. The third-order valence-electron chi connectivity index (χ3n) is 2.59. The minimum atomic E-state index is -0.976. The molecule has 5 heteroatoms. The highest BCUT2D eigenvalue weighted by molar-refractivity contribution is 5.84. The standard InChI is InChI=1S/C10H19NO4/c1-4-11(5-6-12)9(13)7(2)8(3)10(14)15/h7-8,12H,4-6H2,1-3H3,(H,14,15). The summed E-state index contributed by atoms with van der Waals surface area (Å²) in [6.07, 6.45) is 0. The Labute approximate surface area is 89.7 Å². The Morgan fingerprint density at radius 2 is 1.80 bits per heavy atom. The van der Waals surface area contributed by atoms with Gasteiger partial charge in [0.1, 0.15) is 0 Å². The molecule has 0 saturated carbocycles. The van der Waals surface area contributed by atoms with Crippen LogP contribution in [0.5, 0.6) is 0 Å². The van der Waals surface area contributed by atoms with Gasteiger partial charge in [-0.3, -0.25) is 9.59 Å². The zero-order chi connectivity index (χ0) is 12.0. The van der Waals surface area contributed by atoms with Gasteiger partial charge < -0.3 is 15.1 Å². The van der Waals surface area contributed by atoms with E-state index >= 15 is 0 Å². The van der Waals surface area contributed by atoms with Crippen LogP contribution in [0.2, 0.25) is 0 Å². The number of carbonyl (C=O) groups excluding carboxylic acids is 1. The van der Waals surface area contributed by atoms with Crippen LogP contribution in [0.1, 0.15) is 20.8 Å². The van der Waals surface area contributed by atoms with E-state index in [1.54, 1.807) is 13.8 Å². The van der Waals surface area contributed by atoms with Crippen molar-refractivity contribution in [2.24, 2.45) is 11.8 Å². The predicted octanol–water partition coefficient (Wildman–Crippen LogP) is 0.184. The molecule has 2 atom stereocenters. The van der Waals surface area contributed by atoms with Crippen molar-refractivity contribution in [1.29, 1.82) is 0 Å². The molecule has 2 unspecified atom stereocenters. The van der Waals surface area contributed by atoms with Crippen molar-refractivity contribution >= 4 is 11.9 Å². The summed E-state index contributed by atoms with van der Waals surface area (Å²) < 4.78 is 0. The van der Waals surface area contributed by atoms with Gasteiger partial charge in [0.15, 0.2) is 0 Å². The van der Waals surface area contributed by atoms with E-state index in [4.69, 9.17) is 10.2 Å². The second-order valence-electron chi connectivity index (χ2n) is 3.56. The minimum absolute atomic E-state index is 0.103. The fourth-order valence-electron chi connectivity index (χ4n) is 1.26. The Balaban J connectivity index is 4.46. The van der Waals surface area contributed by atoms with Crippen LogP contribution in [-0.4, -0.2) is 46.7 Å². The lowest BCUT2D eigenvalue weighted by atomic mass is 9.95. The summed E-state index contributed by atoms with van der Waals surface area (Å²) in [7, 11) is 0. The smallest absolute Gasteiger partial charge is 0.307 e. The van der Waals surface area contributed by atoms with E-state index in [9.17, 15) is 9.59 Å². The molecule has 5 nitrogen and oxygen atoms in total. The van der Waals surface area contributed by atoms with Crippen molar-refractivity contribution < 1.29 is 19.8 Å². The molecule has 0 heterocycles. The maximum absolute atomic E-state index is 11.8. The number of aliphatic hydroxyl groups excluding tert-OH is 1. The predicted molar refractivity (Wildman–Crippen MR) is 55.3 cm³/mol. The normalized spacial score (nSPS) is 14.4. The van der Waals surface area contributed by atoms with Gasteiger partial charge in [0, 0.05) is 19.0 Å². The highest BCUT2D eigenvalue weighted by Gasteiger charge is 2.28. The van der Waals surface area contributed by atoms with Gasteiger partial charge >= 0.3 is 5.97 Å². The van der Waals surface area contributed by atoms with E-state index in [-0.39, 0.29) is 19.1 Å². The number of likely N-dealkylation sites (N-methyl/N-ethyl adjacent to an activating group) is 1. The molecule has 0 bridgehead atoms. The van der Waals surface area contributed by atoms with Crippen LogP contribution < -0.4 is 0 Å². The maximum atomic E-state index is 11.8. The molecule has 15 heavy (non-hydrogen) atoms. The van der Waals surface area contributed by atoms with Crippen LogP contribution in [0.25, 0.3) is 0 Å². The summed E-state index contributed by atoms with van der Waals surface area (Å²) in [5.41, 5.74) is 0. The van der Waals surface area contributed by atoms with Crippen molar-refractivity contribution in [1.82, 2.24) is 4.90 Å². The van der Waals surface area contributed by atoms with E-state index in [2.05, 4.69) is 0 Å². The second-order valence-corrected chi connectivity index (χ2v) is 3.56. The minimum Gasteiger partial charge on any atom is -0.481 e. The lowest BCUT2D eigenvalue weighted by molar-refractivity contribution is -0.149. The van der Waals surface area contributed by atoms with Gasteiger partial charge in [0.05, 0.1) is 12.5 Å². The molecule has 1 amide bonds. The summed E-state index contributed by atoms with van der Waals surface area (Å²) in [5.74, 6) is -2.46. The van der Waals surface area contributed by atoms with Gasteiger partial charge in [-0.05, 0) is 6.92 Å². The number of amides is 1. The molecule has 0 fully saturated rings. The van der Waals surface area contributed by atoms with E-state index in [0.29, 0.717) is 6.54 Å². The number of hydrogen-bond acceptors (Lipinski definition) is 3. The second kappa shape index (κ2) is 6.40. The number of carboxylic acids is 1. The summed E-state index contributed by atoms with van der Waals surface area (Å²) in [4.78, 5) is 23.9. The van der Waals surface area contributed by atoms with Gasteiger partial charge in [-0.15, -0.1) is 0 Å². The van der Waals surface area contributed by atoms with Gasteiger partial charge in [0.25, 0.3) is 0 Å². The highest BCUT2D eigenvalue weighted by Crippen LogP contribution is 2.14. The molecule has 0 aromatic carbocycles. The van der Waals surface area contributed by atoms with Crippen LogP contribution in [0.4, 0.5) is 0 Å². The summed E-state index contributed by atoms with van der Waals surface area (Å²) in [6.45, 7) is 5.54. The average Bonchev–Trinajstić information content (AvgIpc) is 2.22. The van der Waals surface area contributed by atoms with Crippen LogP contribution in [0, 0.1) is 11.8 Å². The topological polar surface area (TPSA) is 77.8 Å². The molecule has 0 aliphatic heterocycles. The Bertz CT molecular complexity index is 229.